The zero-order valence-electron chi connectivity index (χ0n) is 8.37. The summed E-state index contributed by atoms with van der Waals surface area (Å²) in [6.07, 6.45) is 0. The minimum Gasteiger partial charge on any atom is -0.322 e. The topological polar surface area (TPSA) is 32.9 Å². The van der Waals surface area contributed by atoms with Gasteiger partial charge in [-0.2, -0.15) is 0 Å². The van der Waals surface area contributed by atoms with Crippen molar-refractivity contribution in [1.82, 2.24) is 4.98 Å². The van der Waals surface area contributed by atoms with Crippen molar-refractivity contribution in [2.45, 2.75) is 13.8 Å². The highest BCUT2D eigenvalue weighted by Gasteiger charge is 1.96. The van der Waals surface area contributed by atoms with Crippen LogP contribution in [0.2, 0.25) is 0 Å². The van der Waals surface area contributed by atoms with E-state index in [0.717, 1.165) is 16.2 Å². The molecule has 0 spiro atoms. The van der Waals surface area contributed by atoms with Gasteiger partial charge in [0.15, 0.2) is 0 Å². The molecule has 2 rings (SSSR count). The summed E-state index contributed by atoms with van der Waals surface area (Å²) in [6, 6.07) is 9.31. The first-order chi connectivity index (χ1) is 6.77. The largest absolute Gasteiger partial charge is 0.322 e. The van der Waals surface area contributed by atoms with Gasteiger partial charge in [-0.1, -0.05) is 32.0 Å². The molecule has 1 atom stereocenters. The van der Waals surface area contributed by atoms with Gasteiger partial charge in [0, 0.05) is 17.0 Å². The minimum absolute atomic E-state index is 0.0568. The van der Waals surface area contributed by atoms with Crippen LogP contribution in [-0.2, 0) is 0 Å². The average molecular weight is 207 g/mol. The van der Waals surface area contributed by atoms with Crippen LogP contribution in [0, 0.1) is 0 Å². The molecule has 14 heavy (non-hydrogen) atoms. The summed E-state index contributed by atoms with van der Waals surface area (Å²) in [5, 5.41) is 2.01. The van der Waals surface area contributed by atoms with Gasteiger partial charge in [-0.05, 0) is 11.4 Å². The van der Waals surface area contributed by atoms with Crippen molar-refractivity contribution in [1.29, 1.82) is 0 Å². The molecule has 0 bridgehead atoms. The van der Waals surface area contributed by atoms with E-state index in [1.165, 1.54) is 0 Å². The minimum atomic E-state index is -0.0568. The lowest BCUT2D eigenvalue weighted by Crippen LogP contribution is -2.10. The Hall–Kier alpha value is -1.14. The van der Waals surface area contributed by atoms with Crippen LogP contribution >= 0.6 is 9.24 Å². The van der Waals surface area contributed by atoms with E-state index in [2.05, 4.69) is 14.2 Å². The molecule has 1 aromatic heterocycles. The molecule has 0 fully saturated rings. The van der Waals surface area contributed by atoms with Crippen molar-refractivity contribution < 1.29 is 0 Å². The van der Waals surface area contributed by atoms with Gasteiger partial charge in [-0.15, -0.1) is 9.24 Å². The fourth-order valence-electron chi connectivity index (χ4n) is 1.23. The molecule has 0 radical (unpaired) electrons. The van der Waals surface area contributed by atoms with E-state index in [4.69, 9.17) is 0 Å². The summed E-state index contributed by atoms with van der Waals surface area (Å²) in [7, 11) is 2.56. The maximum Gasteiger partial charge on any atom is 0.249 e. The smallest absolute Gasteiger partial charge is 0.249 e. The van der Waals surface area contributed by atoms with Gasteiger partial charge in [-0.25, -0.2) is 0 Å². The number of hydrogen-bond acceptors (Lipinski definition) is 1. The lowest BCUT2D eigenvalue weighted by molar-refractivity contribution is 1.32. The second-order valence-electron chi connectivity index (χ2n) is 2.63. The fraction of sp³-hybridized carbons (Fsp3) is 0.182. The van der Waals surface area contributed by atoms with Crippen molar-refractivity contribution in [3.05, 3.63) is 40.7 Å². The van der Waals surface area contributed by atoms with Crippen molar-refractivity contribution in [3.63, 3.8) is 0 Å². The highest BCUT2D eigenvalue weighted by Crippen LogP contribution is 2.07. The first kappa shape index (κ1) is 10.9. The van der Waals surface area contributed by atoms with Gasteiger partial charge in [0.1, 0.15) is 0 Å². The zero-order valence-corrected chi connectivity index (χ0v) is 9.53. The third-order valence-corrected chi connectivity index (χ3v) is 2.26. The predicted octanol–water partition coefficient (Wildman–Crippen LogP) is 2.05. The van der Waals surface area contributed by atoms with Gasteiger partial charge < -0.3 is 4.98 Å². The summed E-state index contributed by atoms with van der Waals surface area (Å²) in [4.78, 5) is 13.8. The fourth-order valence-corrected chi connectivity index (χ4v) is 1.63. The molecule has 0 aliphatic rings. The molecule has 0 amide bonds. The first-order valence-corrected chi connectivity index (χ1v) is 5.22. The SMILES string of the molecule is CC.O=c1cc(P)c2ccccc2[nH]1. The standard InChI is InChI=1S/C9H8NOP.C2H6/c11-9-5-8(12)6-3-1-2-4-7(6)10-9;1-2/h1-5H,12H2,(H,10,11);1-2H3. The second-order valence-corrected chi connectivity index (χ2v) is 3.26. The van der Waals surface area contributed by atoms with Crippen LogP contribution < -0.4 is 10.9 Å². The van der Waals surface area contributed by atoms with Gasteiger partial charge in [-0.3, -0.25) is 4.79 Å². The molecule has 1 N–H and O–H groups in total. The summed E-state index contributed by atoms with van der Waals surface area (Å²) >= 11 is 0. The van der Waals surface area contributed by atoms with Crippen molar-refractivity contribution >= 4 is 25.4 Å². The van der Waals surface area contributed by atoms with Crippen LogP contribution in [0.4, 0.5) is 0 Å². The Balaban J connectivity index is 0.000000461. The maximum absolute atomic E-state index is 11.0. The Bertz CT molecular complexity index is 476. The Labute approximate surface area is 85.6 Å². The number of rotatable bonds is 0. The van der Waals surface area contributed by atoms with Crippen LogP contribution in [-0.4, -0.2) is 4.98 Å². The van der Waals surface area contributed by atoms with Gasteiger partial charge >= 0.3 is 0 Å². The van der Waals surface area contributed by atoms with E-state index in [-0.39, 0.29) is 5.56 Å². The quantitative estimate of drug-likeness (QED) is 0.659. The molecular weight excluding hydrogens is 193 g/mol. The lowest BCUT2D eigenvalue weighted by Gasteiger charge is -1.98. The van der Waals surface area contributed by atoms with E-state index in [0.29, 0.717) is 0 Å². The molecule has 2 nitrogen and oxygen atoms in total. The number of nitrogens with one attached hydrogen (secondary N) is 1. The molecule has 2 aromatic rings. The van der Waals surface area contributed by atoms with Crippen LogP contribution in [0.15, 0.2) is 35.1 Å². The molecule has 1 unspecified atom stereocenters. The zero-order chi connectivity index (χ0) is 10.6. The van der Waals surface area contributed by atoms with Crippen LogP contribution in [0.25, 0.3) is 10.9 Å². The van der Waals surface area contributed by atoms with Gasteiger partial charge in [0.05, 0.1) is 0 Å². The number of hydrogen-bond donors (Lipinski definition) is 1. The molecular formula is C11H14NOP. The summed E-state index contributed by atoms with van der Waals surface area (Å²) in [6.45, 7) is 4.00. The highest BCUT2D eigenvalue weighted by molar-refractivity contribution is 7.28. The number of aromatic amines is 1. The predicted molar refractivity (Wildman–Crippen MR) is 65.3 cm³/mol. The number of pyridine rings is 1. The van der Waals surface area contributed by atoms with E-state index in [1.54, 1.807) is 6.07 Å². The third kappa shape index (κ3) is 2.21. The maximum atomic E-state index is 11.0. The normalized spacial score (nSPS) is 9.36. The third-order valence-electron chi connectivity index (χ3n) is 1.78. The number of aromatic nitrogens is 1. The Morgan fingerprint density at radius 3 is 2.57 bits per heavy atom. The van der Waals surface area contributed by atoms with Crippen LogP contribution in [0.3, 0.4) is 0 Å². The average Bonchev–Trinajstić information content (AvgIpc) is 2.20. The molecule has 3 heteroatoms. The first-order valence-electron chi connectivity index (χ1n) is 4.65. The number of H-pyrrole nitrogens is 1. The van der Waals surface area contributed by atoms with E-state index in [9.17, 15) is 4.79 Å². The van der Waals surface area contributed by atoms with Crippen LogP contribution in [0.5, 0.6) is 0 Å². The van der Waals surface area contributed by atoms with Crippen molar-refractivity contribution in [3.8, 4) is 0 Å². The summed E-state index contributed by atoms with van der Waals surface area (Å²) in [5.41, 5.74) is 0.828. The summed E-state index contributed by atoms with van der Waals surface area (Å²) in [5.74, 6) is 0. The Morgan fingerprint density at radius 2 is 1.86 bits per heavy atom. The van der Waals surface area contributed by atoms with Crippen molar-refractivity contribution in [2.75, 3.05) is 0 Å². The number of para-hydroxylation sites is 1. The van der Waals surface area contributed by atoms with E-state index >= 15 is 0 Å². The lowest BCUT2D eigenvalue weighted by atomic mass is 10.2. The molecule has 1 aromatic carbocycles. The van der Waals surface area contributed by atoms with Crippen LogP contribution in [0.1, 0.15) is 13.8 Å². The van der Waals surface area contributed by atoms with Gasteiger partial charge in [0.25, 0.3) is 0 Å². The van der Waals surface area contributed by atoms with E-state index in [1.807, 2.05) is 38.1 Å². The van der Waals surface area contributed by atoms with Gasteiger partial charge in [0.2, 0.25) is 5.56 Å². The number of fused-ring (bicyclic) bond motifs is 1. The molecule has 0 saturated heterocycles. The molecule has 0 aliphatic carbocycles. The summed E-state index contributed by atoms with van der Waals surface area (Å²) < 4.78 is 0. The Kier molecular flexibility index (Phi) is 3.84. The molecule has 1 heterocycles. The van der Waals surface area contributed by atoms with Crippen molar-refractivity contribution in [2.24, 2.45) is 0 Å². The van der Waals surface area contributed by atoms with E-state index < -0.39 is 0 Å². The highest BCUT2D eigenvalue weighted by atomic mass is 31.0. The Morgan fingerprint density at radius 1 is 1.21 bits per heavy atom. The number of benzene rings is 1. The molecule has 0 saturated carbocycles. The molecule has 74 valence electrons. The monoisotopic (exact) mass is 207 g/mol. The molecule has 0 aliphatic heterocycles. The second kappa shape index (κ2) is 4.92.